The standard InChI is InChI=1S/C11H17NO2/c1-9(13)2-3-10-4-6-11(7-5-10)8-14-12/h4-7,9,13H,2-3,8,12H2,1H3. The van der Waals surface area contributed by atoms with Gasteiger partial charge in [-0.05, 0) is 30.9 Å². The minimum Gasteiger partial charge on any atom is -0.393 e. The maximum Gasteiger partial charge on any atom is 0.0930 e. The fraction of sp³-hybridized carbons (Fsp3) is 0.455. The summed E-state index contributed by atoms with van der Waals surface area (Å²) >= 11 is 0. The highest BCUT2D eigenvalue weighted by Gasteiger charge is 1.98. The fourth-order valence-corrected chi connectivity index (χ4v) is 1.27. The van der Waals surface area contributed by atoms with Crippen molar-refractivity contribution in [3.63, 3.8) is 0 Å². The predicted molar refractivity (Wildman–Crippen MR) is 55.4 cm³/mol. The van der Waals surface area contributed by atoms with Gasteiger partial charge in [-0.25, -0.2) is 5.90 Å². The van der Waals surface area contributed by atoms with Crippen LogP contribution in [0.4, 0.5) is 0 Å². The van der Waals surface area contributed by atoms with Crippen molar-refractivity contribution in [3.05, 3.63) is 35.4 Å². The highest BCUT2D eigenvalue weighted by Crippen LogP contribution is 2.08. The van der Waals surface area contributed by atoms with Crippen molar-refractivity contribution >= 4 is 0 Å². The highest BCUT2D eigenvalue weighted by molar-refractivity contribution is 5.22. The number of aliphatic hydroxyl groups is 1. The molecule has 3 heteroatoms. The van der Waals surface area contributed by atoms with E-state index in [2.05, 4.69) is 4.84 Å². The summed E-state index contributed by atoms with van der Waals surface area (Å²) in [5.74, 6) is 4.96. The molecule has 3 N–H and O–H groups in total. The minimum atomic E-state index is -0.234. The van der Waals surface area contributed by atoms with Gasteiger partial charge in [0, 0.05) is 0 Å². The number of nitrogens with two attached hydrogens (primary N) is 1. The molecule has 0 amide bonds. The summed E-state index contributed by atoms with van der Waals surface area (Å²) < 4.78 is 0. The van der Waals surface area contributed by atoms with Crippen LogP contribution in [0, 0.1) is 0 Å². The Morgan fingerprint density at radius 2 is 1.86 bits per heavy atom. The van der Waals surface area contributed by atoms with Gasteiger partial charge in [0.05, 0.1) is 12.7 Å². The molecular weight excluding hydrogens is 178 g/mol. The number of benzene rings is 1. The lowest BCUT2D eigenvalue weighted by Gasteiger charge is -2.05. The average Bonchev–Trinajstić information content (AvgIpc) is 2.17. The van der Waals surface area contributed by atoms with Crippen molar-refractivity contribution in [1.82, 2.24) is 0 Å². The number of aryl methyl sites for hydroxylation is 1. The summed E-state index contributed by atoms with van der Waals surface area (Å²) in [6.07, 6.45) is 1.47. The normalized spacial score (nSPS) is 12.8. The topological polar surface area (TPSA) is 55.5 Å². The van der Waals surface area contributed by atoms with Gasteiger partial charge in [0.25, 0.3) is 0 Å². The van der Waals surface area contributed by atoms with Crippen molar-refractivity contribution in [2.45, 2.75) is 32.5 Å². The molecule has 0 radical (unpaired) electrons. The maximum atomic E-state index is 9.12. The van der Waals surface area contributed by atoms with Crippen LogP contribution >= 0.6 is 0 Å². The molecule has 0 bridgehead atoms. The molecular formula is C11H17NO2. The quantitative estimate of drug-likeness (QED) is 0.698. The molecule has 0 aliphatic rings. The Morgan fingerprint density at radius 1 is 1.29 bits per heavy atom. The maximum absolute atomic E-state index is 9.12. The van der Waals surface area contributed by atoms with Crippen LogP contribution in [0.1, 0.15) is 24.5 Å². The van der Waals surface area contributed by atoms with E-state index in [0.29, 0.717) is 6.61 Å². The van der Waals surface area contributed by atoms with E-state index < -0.39 is 0 Å². The van der Waals surface area contributed by atoms with Gasteiger partial charge >= 0.3 is 0 Å². The van der Waals surface area contributed by atoms with E-state index in [9.17, 15) is 0 Å². The molecule has 0 saturated carbocycles. The van der Waals surface area contributed by atoms with Gasteiger partial charge in [0.1, 0.15) is 0 Å². The van der Waals surface area contributed by atoms with Crippen molar-refractivity contribution in [2.24, 2.45) is 5.90 Å². The van der Waals surface area contributed by atoms with Crippen LogP contribution in [0.5, 0.6) is 0 Å². The first-order chi connectivity index (χ1) is 6.72. The molecule has 14 heavy (non-hydrogen) atoms. The second-order valence-corrected chi connectivity index (χ2v) is 3.52. The largest absolute Gasteiger partial charge is 0.393 e. The molecule has 1 aromatic rings. The first-order valence-electron chi connectivity index (χ1n) is 4.80. The average molecular weight is 195 g/mol. The molecule has 1 unspecified atom stereocenters. The van der Waals surface area contributed by atoms with E-state index >= 15 is 0 Å². The summed E-state index contributed by atoms with van der Waals surface area (Å²) in [6, 6.07) is 8.06. The summed E-state index contributed by atoms with van der Waals surface area (Å²) in [6.45, 7) is 2.24. The summed E-state index contributed by atoms with van der Waals surface area (Å²) in [5, 5.41) is 9.12. The molecule has 3 nitrogen and oxygen atoms in total. The van der Waals surface area contributed by atoms with E-state index in [-0.39, 0.29) is 6.10 Å². The van der Waals surface area contributed by atoms with Crippen molar-refractivity contribution in [3.8, 4) is 0 Å². The van der Waals surface area contributed by atoms with Crippen LogP contribution in [0.2, 0.25) is 0 Å². The van der Waals surface area contributed by atoms with E-state index in [1.54, 1.807) is 6.92 Å². The molecule has 0 heterocycles. The first-order valence-corrected chi connectivity index (χ1v) is 4.80. The van der Waals surface area contributed by atoms with Crippen LogP contribution < -0.4 is 5.90 Å². The molecule has 1 rings (SSSR count). The number of rotatable bonds is 5. The number of hydrogen-bond donors (Lipinski definition) is 2. The van der Waals surface area contributed by atoms with Crippen molar-refractivity contribution in [2.75, 3.05) is 0 Å². The Bertz CT molecular complexity index is 256. The van der Waals surface area contributed by atoms with E-state index in [0.717, 1.165) is 18.4 Å². The smallest absolute Gasteiger partial charge is 0.0930 e. The summed E-state index contributed by atoms with van der Waals surface area (Å²) in [4.78, 5) is 4.53. The Hall–Kier alpha value is -0.900. The highest BCUT2D eigenvalue weighted by atomic mass is 16.6. The third-order valence-corrected chi connectivity index (χ3v) is 2.12. The zero-order valence-electron chi connectivity index (χ0n) is 8.44. The van der Waals surface area contributed by atoms with Crippen molar-refractivity contribution < 1.29 is 9.94 Å². The molecule has 0 aromatic heterocycles. The Balaban J connectivity index is 2.46. The van der Waals surface area contributed by atoms with Gasteiger partial charge in [-0.1, -0.05) is 24.3 Å². The molecule has 0 spiro atoms. The Morgan fingerprint density at radius 3 is 2.36 bits per heavy atom. The van der Waals surface area contributed by atoms with Gasteiger partial charge in [-0.15, -0.1) is 0 Å². The lowest BCUT2D eigenvalue weighted by atomic mass is 10.1. The van der Waals surface area contributed by atoms with Crippen LogP contribution in [-0.2, 0) is 17.9 Å². The molecule has 78 valence electrons. The molecule has 1 aromatic carbocycles. The van der Waals surface area contributed by atoms with Crippen LogP contribution in [-0.4, -0.2) is 11.2 Å². The molecule has 0 fully saturated rings. The van der Waals surface area contributed by atoms with Crippen molar-refractivity contribution in [1.29, 1.82) is 0 Å². The first kappa shape index (κ1) is 11.2. The number of hydrogen-bond acceptors (Lipinski definition) is 3. The third-order valence-electron chi connectivity index (χ3n) is 2.12. The predicted octanol–water partition coefficient (Wildman–Crippen LogP) is 1.39. The van der Waals surface area contributed by atoms with E-state index in [1.165, 1.54) is 5.56 Å². The summed E-state index contributed by atoms with van der Waals surface area (Å²) in [7, 11) is 0. The van der Waals surface area contributed by atoms with Crippen LogP contribution in [0.3, 0.4) is 0 Å². The lowest BCUT2D eigenvalue weighted by molar-refractivity contribution is 0.124. The Labute approximate surface area is 84.5 Å². The zero-order chi connectivity index (χ0) is 10.4. The van der Waals surface area contributed by atoms with E-state index in [1.807, 2.05) is 24.3 Å². The number of aliphatic hydroxyl groups excluding tert-OH is 1. The monoisotopic (exact) mass is 195 g/mol. The zero-order valence-corrected chi connectivity index (χ0v) is 8.44. The van der Waals surface area contributed by atoms with Crippen LogP contribution in [0.15, 0.2) is 24.3 Å². The molecule has 1 atom stereocenters. The molecule has 0 saturated heterocycles. The SMILES string of the molecule is CC(O)CCc1ccc(CON)cc1. The second-order valence-electron chi connectivity index (χ2n) is 3.52. The summed E-state index contributed by atoms with van der Waals surface area (Å²) in [5.41, 5.74) is 2.29. The van der Waals surface area contributed by atoms with Crippen LogP contribution in [0.25, 0.3) is 0 Å². The van der Waals surface area contributed by atoms with Gasteiger partial charge in [0.15, 0.2) is 0 Å². The van der Waals surface area contributed by atoms with Gasteiger partial charge in [0.2, 0.25) is 0 Å². The van der Waals surface area contributed by atoms with E-state index in [4.69, 9.17) is 11.0 Å². The molecule has 0 aliphatic carbocycles. The minimum absolute atomic E-state index is 0.234. The van der Waals surface area contributed by atoms with Gasteiger partial charge in [-0.3, -0.25) is 4.84 Å². The lowest BCUT2D eigenvalue weighted by Crippen LogP contribution is -2.02. The third kappa shape index (κ3) is 3.87. The van der Waals surface area contributed by atoms with Gasteiger partial charge < -0.3 is 5.11 Å². The molecule has 0 aliphatic heterocycles. The Kier molecular flexibility index (Phi) is 4.59. The second kappa shape index (κ2) is 5.75. The van der Waals surface area contributed by atoms with Gasteiger partial charge in [-0.2, -0.15) is 0 Å². The fourth-order valence-electron chi connectivity index (χ4n) is 1.27.